The summed E-state index contributed by atoms with van der Waals surface area (Å²) in [4.78, 5) is 15.1. The van der Waals surface area contributed by atoms with E-state index >= 15 is 0 Å². The van der Waals surface area contributed by atoms with Crippen molar-refractivity contribution in [2.75, 3.05) is 13.2 Å². The Kier molecular flexibility index (Phi) is 5.52. The van der Waals surface area contributed by atoms with Gasteiger partial charge in [-0.3, -0.25) is 4.98 Å². The van der Waals surface area contributed by atoms with Crippen LogP contribution in [-0.2, 0) is 9.53 Å². The van der Waals surface area contributed by atoms with Crippen molar-refractivity contribution in [3.8, 4) is 17.0 Å². The predicted molar refractivity (Wildman–Crippen MR) is 80.9 cm³/mol. The fraction of sp³-hybridized carbons (Fsp3) is 0.176. The first-order chi connectivity index (χ1) is 10.3. The van der Waals surface area contributed by atoms with Gasteiger partial charge in [-0.25, -0.2) is 4.79 Å². The van der Waals surface area contributed by atoms with Gasteiger partial charge in [0.1, 0.15) is 5.75 Å². The molecular formula is C17H17NO3. The van der Waals surface area contributed by atoms with E-state index in [1.807, 2.05) is 42.5 Å². The Labute approximate surface area is 124 Å². The fourth-order valence-corrected chi connectivity index (χ4v) is 1.74. The van der Waals surface area contributed by atoms with E-state index < -0.39 is 5.97 Å². The van der Waals surface area contributed by atoms with Crippen molar-refractivity contribution in [1.82, 2.24) is 4.98 Å². The molecular weight excluding hydrogens is 266 g/mol. The second-order valence-corrected chi connectivity index (χ2v) is 4.31. The number of aromatic nitrogens is 1. The highest BCUT2D eigenvalue weighted by molar-refractivity contribution is 5.81. The van der Waals surface area contributed by atoms with Crippen LogP contribution < -0.4 is 4.74 Å². The average Bonchev–Trinajstić information content (AvgIpc) is 2.55. The SMILES string of the molecule is C=CC(=O)OCCCOc1ccc(-c2ccccn2)cc1. The zero-order chi connectivity index (χ0) is 14.9. The van der Waals surface area contributed by atoms with E-state index in [1.54, 1.807) is 6.20 Å². The molecule has 0 saturated heterocycles. The highest BCUT2D eigenvalue weighted by Gasteiger charge is 2.00. The summed E-state index contributed by atoms with van der Waals surface area (Å²) in [5.74, 6) is 0.374. The molecule has 0 atom stereocenters. The number of rotatable bonds is 7. The van der Waals surface area contributed by atoms with Crippen LogP contribution in [0.4, 0.5) is 0 Å². The van der Waals surface area contributed by atoms with Crippen LogP contribution in [0.5, 0.6) is 5.75 Å². The highest BCUT2D eigenvalue weighted by Crippen LogP contribution is 2.20. The smallest absolute Gasteiger partial charge is 0.330 e. The van der Waals surface area contributed by atoms with E-state index in [9.17, 15) is 4.79 Å². The summed E-state index contributed by atoms with van der Waals surface area (Å²) in [6.45, 7) is 4.15. The molecule has 0 N–H and O–H groups in total. The van der Waals surface area contributed by atoms with Crippen molar-refractivity contribution in [3.63, 3.8) is 0 Å². The number of carbonyl (C=O) groups is 1. The van der Waals surface area contributed by atoms with E-state index in [0.717, 1.165) is 23.1 Å². The topological polar surface area (TPSA) is 48.4 Å². The van der Waals surface area contributed by atoms with Gasteiger partial charge in [0.25, 0.3) is 0 Å². The molecule has 1 heterocycles. The monoisotopic (exact) mass is 283 g/mol. The third kappa shape index (κ3) is 4.76. The minimum atomic E-state index is -0.408. The quantitative estimate of drug-likeness (QED) is 0.444. The lowest BCUT2D eigenvalue weighted by Crippen LogP contribution is -2.06. The summed E-state index contributed by atoms with van der Waals surface area (Å²) < 4.78 is 10.4. The van der Waals surface area contributed by atoms with Crippen molar-refractivity contribution in [2.24, 2.45) is 0 Å². The van der Waals surface area contributed by atoms with Gasteiger partial charge in [-0.05, 0) is 36.4 Å². The second-order valence-electron chi connectivity index (χ2n) is 4.31. The van der Waals surface area contributed by atoms with E-state index in [1.165, 1.54) is 0 Å². The summed E-state index contributed by atoms with van der Waals surface area (Å²) in [5.41, 5.74) is 1.98. The van der Waals surface area contributed by atoms with Crippen LogP contribution in [0.1, 0.15) is 6.42 Å². The number of hydrogen-bond acceptors (Lipinski definition) is 4. The molecule has 0 radical (unpaired) electrons. The summed E-state index contributed by atoms with van der Waals surface area (Å²) in [7, 11) is 0. The minimum absolute atomic E-state index is 0.330. The van der Waals surface area contributed by atoms with Gasteiger partial charge in [-0.15, -0.1) is 0 Å². The van der Waals surface area contributed by atoms with Crippen molar-refractivity contribution in [3.05, 3.63) is 61.3 Å². The molecule has 0 saturated carbocycles. The predicted octanol–water partition coefficient (Wildman–Crippen LogP) is 3.25. The fourth-order valence-electron chi connectivity index (χ4n) is 1.74. The zero-order valence-electron chi connectivity index (χ0n) is 11.7. The number of esters is 1. The van der Waals surface area contributed by atoms with Crippen LogP contribution in [0, 0.1) is 0 Å². The molecule has 0 amide bonds. The number of hydrogen-bond donors (Lipinski definition) is 0. The Morgan fingerprint density at radius 3 is 2.62 bits per heavy atom. The molecule has 0 fully saturated rings. The number of benzene rings is 1. The lowest BCUT2D eigenvalue weighted by molar-refractivity contribution is -0.137. The van der Waals surface area contributed by atoms with Gasteiger partial charge in [-0.2, -0.15) is 0 Å². The molecule has 21 heavy (non-hydrogen) atoms. The Morgan fingerprint density at radius 1 is 1.14 bits per heavy atom. The Morgan fingerprint density at radius 2 is 1.95 bits per heavy atom. The zero-order valence-corrected chi connectivity index (χ0v) is 11.7. The van der Waals surface area contributed by atoms with Crippen LogP contribution in [0.2, 0.25) is 0 Å². The first-order valence-corrected chi connectivity index (χ1v) is 6.73. The normalized spacial score (nSPS) is 9.90. The standard InChI is InChI=1S/C17H17NO3/c1-2-17(19)21-13-5-12-20-15-9-7-14(8-10-15)16-6-3-4-11-18-16/h2-4,6-11H,1,5,12-13H2. The first-order valence-electron chi connectivity index (χ1n) is 6.73. The molecule has 1 aromatic heterocycles. The molecule has 0 aliphatic rings. The summed E-state index contributed by atoms with van der Waals surface area (Å²) in [6, 6.07) is 13.5. The lowest BCUT2D eigenvalue weighted by atomic mass is 10.1. The van der Waals surface area contributed by atoms with Gasteiger partial charge >= 0.3 is 5.97 Å². The van der Waals surface area contributed by atoms with Gasteiger partial charge in [0.05, 0.1) is 18.9 Å². The molecule has 108 valence electrons. The number of carbonyl (C=O) groups excluding carboxylic acids is 1. The van der Waals surface area contributed by atoms with Crippen LogP contribution in [0.3, 0.4) is 0 Å². The van der Waals surface area contributed by atoms with Crippen molar-refractivity contribution >= 4 is 5.97 Å². The molecule has 0 aliphatic heterocycles. The summed E-state index contributed by atoms with van der Waals surface area (Å²) >= 11 is 0. The van der Waals surface area contributed by atoms with Crippen molar-refractivity contribution in [2.45, 2.75) is 6.42 Å². The van der Waals surface area contributed by atoms with Crippen LogP contribution in [0.15, 0.2) is 61.3 Å². The van der Waals surface area contributed by atoms with Gasteiger partial charge in [0.15, 0.2) is 0 Å². The lowest BCUT2D eigenvalue weighted by Gasteiger charge is -2.07. The van der Waals surface area contributed by atoms with Crippen molar-refractivity contribution in [1.29, 1.82) is 0 Å². The Balaban J connectivity index is 1.78. The maximum absolute atomic E-state index is 10.8. The maximum atomic E-state index is 10.8. The van der Waals surface area contributed by atoms with Crippen LogP contribution in [0.25, 0.3) is 11.3 Å². The summed E-state index contributed by atoms with van der Waals surface area (Å²) in [5, 5.41) is 0. The molecule has 1 aromatic carbocycles. The average molecular weight is 283 g/mol. The molecule has 0 aliphatic carbocycles. The number of ether oxygens (including phenoxy) is 2. The van der Waals surface area contributed by atoms with Crippen LogP contribution in [-0.4, -0.2) is 24.2 Å². The Bertz CT molecular complexity index is 579. The van der Waals surface area contributed by atoms with E-state index in [0.29, 0.717) is 19.6 Å². The van der Waals surface area contributed by atoms with E-state index in [-0.39, 0.29) is 0 Å². The first kappa shape index (κ1) is 14.8. The van der Waals surface area contributed by atoms with Gasteiger partial charge in [-0.1, -0.05) is 12.6 Å². The molecule has 4 nitrogen and oxygen atoms in total. The highest BCUT2D eigenvalue weighted by atomic mass is 16.5. The van der Waals surface area contributed by atoms with E-state index in [2.05, 4.69) is 11.6 Å². The Hall–Kier alpha value is -2.62. The number of pyridine rings is 1. The second kappa shape index (κ2) is 7.85. The van der Waals surface area contributed by atoms with Gasteiger partial charge in [0, 0.05) is 24.3 Å². The molecule has 0 bridgehead atoms. The maximum Gasteiger partial charge on any atom is 0.330 e. The summed E-state index contributed by atoms with van der Waals surface area (Å²) in [6.07, 6.45) is 3.56. The van der Waals surface area contributed by atoms with Gasteiger partial charge < -0.3 is 9.47 Å². The molecule has 2 rings (SSSR count). The molecule has 0 spiro atoms. The van der Waals surface area contributed by atoms with E-state index in [4.69, 9.17) is 9.47 Å². The molecule has 2 aromatic rings. The van der Waals surface area contributed by atoms with Crippen molar-refractivity contribution < 1.29 is 14.3 Å². The van der Waals surface area contributed by atoms with Crippen LogP contribution >= 0.6 is 0 Å². The third-order valence-corrected chi connectivity index (χ3v) is 2.78. The largest absolute Gasteiger partial charge is 0.493 e. The number of nitrogens with zero attached hydrogens (tertiary/aromatic N) is 1. The minimum Gasteiger partial charge on any atom is -0.493 e. The molecule has 0 unspecified atom stereocenters. The molecule has 4 heteroatoms. The van der Waals surface area contributed by atoms with Gasteiger partial charge in [0.2, 0.25) is 0 Å². The third-order valence-electron chi connectivity index (χ3n) is 2.78.